The zero-order valence-electron chi connectivity index (χ0n) is 14.2. The number of sulfone groups is 1. The molecule has 0 spiro atoms. The highest BCUT2D eigenvalue weighted by atomic mass is 32.2. The maximum absolute atomic E-state index is 12.9. The van der Waals surface area contributed by atoms with Gasteiger partial charge in [-0.3, -0.25) is 0 Å². The van der Waals surface area contributed by atoms with Gasteiger partial charge >= 0.3 is 6.09 Å². The molecule has 0 radical (unpaired) electrons. The normalized spacial score (nSPS) is 11.5. The second-order valence-corrected chi connectivity index (χ2v) is 6.98. The zero-order chi connectivity index (χ0) is 17.9. The highest BCUT2D eigenvalue weighted by molar-refractivity contribution is 7.91. The number of ether oxygens (including phenoxy) is 1. The van der Waals surface area contributed by atoms with E-state index in [0.29, 0.717) is 12.0 Å². The van der Waals surface area contributed by atoms with Crippen molar-refractivity contribution in [2.24, 2.45) is 0 Å². The Morgan fingerprint density at radius 3 is 2.50 bits per heavy atom. The van der Waals surface area contributed by atoms with E-state index >= 15 is 0 Å². The average molecular weight is 351 g/mol. The molecule has 0 fully saturated rings. The zero-order valence-corrected chi connectivity index (χ0v) is 15.1. The lowest BCUT2D eigenvalue weighted by molar-refractivity contribution is 0.149. The number of carbonyl (C=O) groups is 1. The van der Waals surface area contributed by atoms with Crippen LogP contribution in [0.2, 0.25) is 0 Å². The van der Waals surface area contributed by atoms with Gasteiger partial charge in [-0.15, -0.1) is 9.78 Å². The smallest absolute Gasteiger partial charge is 0.436 e. The number of hydrogen-bond acceptors (Lipinski definition) is 6. The summed E-state index contributed by atoms with van der Waals surface area (Å²) in [5, 5.41) is 3.50. The number of rotatable bonds is 5. The summed E-state index contributed by atoms with van der Waals surface area (Å²) in [4.78, 5) is 16.1. The van der Waals surface area contributed by atoms with Crippen molar-refractivity contribution in [1.82, 2.24) is 14.8 Å². The molecule has 1 aromatic heterocycles. The van der Waals surface area contributed by atoms with Crippen molar-refractivity contribution < 1.29 is 17.9 Å². The largest absolute Gasteiger partial charge is 0.448 e. The lowest BCUT2D eigenvalue weighted by Gasteiger charge is -2.08. The van der Waals surface area contributed by atoms with Crippen molar-refractivity contribution >= 4 is 15.9 Å². The third kappa shape index (κ3) is 3.19. The highest BCUT2D eigenvalue weighted by Gasteiger charge is 2.28. The summed E-state index contributed by atoms with van der Waals surface area (Å²) in [6.45, 7) is 7.31. The Kier molecular flexibility index (Phi) is 5.38. The van der Waals surface area contributed by atoms with E-state index in [2.05, 4.69) is 10.1 Å². The van der Waals surface area contributed by atoms with Crippen LogP contribution in [0.4, 0.5) is 4.79 Å². The first-order chi connectivity index (χ1) is 11.4. The number of hydrogen-bond donors (Lipinski definition) is 0. The summed E-state index contributed by atoms with van der Waals surface area (Å²) in [6.07, 6.45) is 0.345. The van der Waals surface area contributed by atoms with E-state index in [4.69, 9.17) is 4.74 Å². The van der Waals surface area contributed by atoms with E-state index in [1.807, 2.05) is 13.0 Å². The first kappa shape index (κ1) is 18.1. The van der Waals surface area contributed by atoms with Crippen molar-refractivity contribution in [1.29, 1.82) is 0 Å². The van der Waals surface area contributed by atoms with Crippen molar-refractivity contribution in [3.8, 4) is 0 Å². The van der Waals surface area contributed by atoms with Crippen molar-refractivity contribution in [2.45, 2.75) is 50.6 Å². The minimum absolute atomic E-state index is 0.158. The van der Waals surface area contributed by atoms with Gasteiger partial charge in [-0.05, 0) is 37.5 Å². The predicted molar refractivity (Wildman–Crippen MR) is 87.8 cm³/mol. The standard InChI is InChI=1S/C16H21N3O4S/c1-5-12-9-8-10-13(11(12)4)24(21,22)15-17-14(6-2)19(18-15)16(20)23-7-3/h8-10H,5-7H2,1-4H3. The number of aryl methyl sites for hydroxylation is 2. The highest BCUT2D eigenvalue weighted by Crippen LogP contribution is 2.24. The Morgan fingerprint density at radius 2 is 1.92 bits per heavy atom. The minimum Gasteiger partial charge on any atom is -0.448 e. The summed E-state index contributed by atoms with van der Waals surface area (Å²) in [5.74, 6) is 0.247. The fourth-order valence-corrected chi connectivity index (χ4v) is 3.83. The molecule has 0 saturated heterocycles. The Labute approximate surface area is 141 Å². The fraction of sp³-hybridized carbons (Fsp3) is 0.438. The second kappa shape index (κ2) is 7.12. The molecule has 1 aromatic carbocycles. The Balaban J connectivity index is 2.57. The molecule has 0 aliphatic rings. The van der Waals surface area contributed by atoms with Gasteiger partial charge in [0.2, 0.25) is 9.84 Å². The van der Waals surface area contributed by atoms with E-state index in [1.165, 1.54) is 6.07 Å². The van der Waals surface area contributed by atoms with Crippen molar-refractivity contribution in [2.75, 3.05) is 6.61 Å². The monoisotopic (exact) mass is 351 g/mol. The van der Waals surface area contributed by atoms with Gasteiger partial charge < -0.3 is 4.74 Å². The third-order valence-electron chi connectivity index (χ3n) is 3.72. The summed E-state index contributed by atoms with van der Waals surface area (Å²) >= 11 is 0. The molecule has 8 heteroatoms. The van der Waals surface area contributed by atoms with Crippen LogP contribution in [0.3, 0.4) is 0 Å². The molecule has 1 heterocycles. The number of aromatic nitrogens is 3. The number of carbonyl (C=O) groups excluding carboxylic acids is 1. The van der Waals surface area contributed by atoms with Crippen LogP contribution >= 0.6 is 0 Å². The molecule has 7 nitrogen and oxygen atoms in total. The van der Waals surface area contributed by atoms with E-state index in [9.17, 15) is 13.2 Å². The topological polar surface area (TPSA) is 91.2 Å². The summed E-state index contributed by atoms with van der Waals surface area (Å²) in [7, 11) is -3.91. The minimum atomic E-state index is -3.91. The number of nitrogens with zero attached hydrogens (tertiary/aromatic N) is 3. The lowest BCUT2D eigenvalue weighted by atomic mass is 10.1. The Morgan fingerprint density at radius 1 is 1.21 bits per heavy atom. The first-order valence-corrected chi connectivity index (χ1v) is 9.31. The SMILES string of the molecule is CCOC(=O)n1nc(S(=O)(=O)c2cccc(CC)c2C)nc1CC. The van der Waals surface area contributed by atoms with Crippen LogP contribution in [-0.2, 0) is 27.4 Å². The van der Waals surface area contributed by atoms with E-state index in [-0.39, 0.29) is 22.5 Å². The fourth-order valence-electron chi connectivity index (χ4n) is 2.43. The third-order valence-corrected chi connectivity index (χ3v) is 5.39. The molecule has 0 saturated carbocycles. The van der Waals surface area contributed by atoms with Crippen LogP contribution in [0.5, 0.6) is 0 Å². The van der Waals surface area contributed by atoms with E-state index in [1.54, 1.807) is 26.8 Å². The van der Waals surface area contributed by atoms with Crippen LogP contribution in [0.15, 0.2) is 28.3 Å². The molecule has 2 aromatic rings. The predicted octanol–water partition coefficient (Wildman–Crippen LogP) is 2.55. The maximum atomic E-state index is 12.9. The Hall–Kier alpha value is -2.22. The van der Waals surface area contributed by atoms with Crippen LogP contribution in [0.1, 0.15) is 37.7 Å². The van der Waals surface area contributed by atoms with Gasteiger partial charge in [-0.2, -0.15) is 0 Å². The molecule has 0 unspecified atom stereocenters. The number of benzene rings is 1. The van der Waals surface area contributed by atoms with Crippen LogP contribution < -0.4 is 0 Å². The van der Waals surface area contributed by atoms with Crippen molar-refractivity contribution in [3.05, 3.63) is 35.2 Å². The Bertz CT molecular complexity index is 856. The van der Waals surface area contributed by atoms with Crippen LogP contribution in [0.25, 0.3) is 0 Å². The summed E-state index contributed by atoms with van der Waals surface area (Å²) < 4.78 is 31.6. The van der Waals surface area contributed by atoms with Gasteiger partial charge in [0.1, 0.15) is 5.82 Å². The summed E-state index contributed by atoms with van der Waals surface area (Å²) in [5.41, 5.74) is 1.61. The molecule has 0 aliphatic heterocycles. The first-order valence-electron chi connectivity index (χ1n) is 7.83. The van der Waals surface area contributed by atoms with Gasteiger partial charge in [0, 0.05) is 6.42 Å². The second-order valence-electron chi connectivity index (χ2n) is 5.17. The molecule has 0 N–H and O–H groups in total. The molecule has 24 heavy (non-hydrogen) atoms. The molecule has 0 atom stereocenters. The quantitative estimate of drug-likeness (QED) is 0.822. The molecule has 0 bridgehead atoms. The van der Waals surface area contributed by atoms with Gasteiger partial charge in [0.25, 0.3) is 5.16 Å². The summed E-state index contributed by atoms with van der Waals surface area (Å²) in [6, 6.07) is 5.11. The van der Waals surface area contributed by atoms with Gasteiger partial charge in [0.05, 0.1) is 11.5 Å². The van der Waals surface area contributed by atoms with Gasteiger partial charge in [-0.25, -0.2) is 18.2 Å². The molecular weight excluding hydrogens is 330 g/mol. The van der Waals surface area contributed by atoms with Crippen molar-refractivity contribution in [3.63, 3.8) is 0 Å². The van der Waals surface area contributed by atoms with E-state index < -0.39 is 15.9 Å². The van der Waals surface area contributed by atoms with Gasteiger partial charge in [0.15, 0.2) is 0 Å². The van der Waals surface area contributed by atoms with Crippen LogP contribution in [-0.4, -0.2) is 35.9 Å². The lowest BCUT2D eigenvalue weighted by Crippen LogP contribution is -2.18. The van der Waals surface area contributed by atoms with Crippen LogP contribution in [0, 0.1) is 6.92 Å². The molecule has 0 aliphatic carbocycles. The molecule has 130 valence electrons. The van der Waals surface area contributed by atoms with E-state index in [0.717, 1.165) is 16.7 Å². The molecule has 0 amide bonds. The average Bonchev–Trinajstić information content (AvgIpc) is 3.00. The maximum Gasteiger partial charge on any atom is 0.436 e. The molecule has 2 rings (SSSR count). The van der Waals surface area contributed by atoms with Gasteiger partial charge in [-0.1, -0.05) is 26.0 Å². The molecular formula is C16H21N3O4S.